The van der Waals surface area contributed by atoms with Crippen molar-refractivity contribution >= 4 is 40.8 Å². The summed E-state index contributed by atoms with van der Waals surface area (Å²) in [6, 6.07) is 16.8. The molecule has 0 fully saturated rings. The van der Waals surface area contributed by atoms with Gasteiger partial charge in [-0.3, -0.25) is 9.59 Å². The third-order valence-electron chi connectivity index (χ3n) is 4.70. The maximum atomic E-state index is 12.8. The molecule has 3 rings (SSSR count). The van der Waals surface area contributed by atoms with Crippen molar-refractivity contribution in [3.63, 3.8) is 0 Å². The number of aryl methyl sites for hydroxylation is 2. The van der Waals surface area contributed by atoms with E-state index < -0.39 is 0 Å². The number of benzene rings is 2. The maximum Gasteiger partial charge on any atom is 0.267 e. The minimum Gasteiger partial charge on any atom is -0.350 e. The van der Waals surface area contributed by atoms with E-state index in [1.807, 2.05) is 67.8 Å². The molecule has 0 unspecified atom stereocenters. The van der Waals surface area contributed by atoms with Crippen LogP contribution in [0.2, 0.25) is 5.02 Å². The third-order valence-corrected chi connectivity index (χ3v) is 5.78. The smallest absolute Gasteiger partial charge is 0.267 e. The van der Waals surface area contributed by atoms with Gasteiger partial charge in [0.25, 0.3) is 11.8 Å². The summed E-state index contributed by atoms with van der Waals surface area (Å²) in [7, 11) is 0. The Hall–Kier alpha value is -2.89. The van der Waals surface area contributed by atoms with Crippen LogP contribution >= 0.6 is 22.9 Å². The minimum atomic E-state index is -0.324. The first-order valence-corrected chi connectivity index (χ1v) is 10.8. The fourth-order valence-electron chi connectivity index (χ4n) is 2.82. The van der Waals surface area contributed by atoms with Crippen LogP contribution in [0.1, 0.15) is 31.9 Å². The van der Waals surface area contributed by atoms with Crippen molar-refractivity contribution in [2.24, 2.45) is 0 Å². The molecule has 0 saturated carbocycles. The zero-order valence-corrected chi connectivity index (χ0v) is 18.4. The number of halogens is 1. The second-order valence-corrected chi connectivity index (χ2v) is 8.37. The summed E-state index contributed by atoms with van der Waals surface area (Å²) in [6.07, 6.45) is 2.36. The highest BCUT2D eigenvalue weighted by Gasteiger charge is 2.15. The first-order valence-electron chi connectivity index (χ1n) is 9.59. The molecule has 2 N–H and O–H groups in total. The summed E-state index contributed by atoms with van der Waals surface area (Å²) in [5.41, 5.74) is 3.95. The van der Waals surface area contributed by atoms with Gasteiger partial charge in [-0.25, -0.2) is 0 Å². The van der Waals surface area contributed by atoms with Crippen LogP contribution in [0.3, 0.4) is 0 Å². The quantitative estimate of drug-likeness (QED) is 0.501. The van der Waals surface area contributed by atoms with Gasteiger partial charge in [0, 0.05) is 22.0 Å². The molecule has 1 aromatic heterocycles. The fourth-order valence-corrected chi connectivity index (χ4v) is 3.60. The van der Waals surface area contributed by atoms with Gasteiger partial charge < -0.3 is 10.6 Å². The number of thiophene rings is 1. The van der Waals surface area contributed by atoms with E-state index in [1.54, 1.807) is 12.1 Å². The maximum absolute atomic E-state index is 12.8. The minimum absolute atomic E-state index is 0.219. The van der Waals surface area contributed by atoms with Gasteiger partial charge in [0.05, 0.1) is 0 Å². The molecular formula is C24H23ClN2O2S. The third kappa shape index (κ3) is 6.05. The van der Waals surface area contributed by atoms with Crippen LogP contribution in [0.5, 0.6) is 0 Å². The van der Waals surface area contributed by atoms with E-state index in [9.17, 15) is 9.59 Å². The second kappa shape index (κ2) is 10.2. The van der Waals surface area contributed by atoms with E-state index in [1.165, 1.54) is 11.3 Å². The molecule has 0 aliphatic heterocycles. The Morgan fingerprint density at radius 1 is 1.03 bits per heavy atom. The largest absolute Gasteiger partial charge is 0.350 e. The Labute approximate surface area is 185 Å². The zero-order valence-electron chi connectivity index (χ0n) is 16.9. The summed E-state index contributed by atoms with van der Waals surface area (Å²) >= 11 is 7.40. The first-order chi connectivity index (χ1) is 14.4. The molecule has 154 valence electrons. The normalized spacial score (nSPS) is 11.2. The van der Waals surface area contributed by atoms with Crippen molar-refractivity contribution in [2.45, 2.75) is 20.3 Å². The van der Waals surface area contributed by atoms with Crippen LogP contribution in [-0.4, -0.2) is 18.4 Å². The lowest BCUT2D eigenvalue weighted by Crippen LogP contribution is -2.35. The van der Waals surface area contributed by atoms with Crippen LogP contribution in [0.25, 0.3) is 6.08 Å². The lowest BCUT2D eigenvalue weighted by Gasteiger charge is -2.12. The lowest BCUT2D eigenvalue weighted by molar-refractivity contribution is -0.117. The average molecular weight is 439 g/mol. The van der Waals surface area contributed by atoms with Crippen molar-refractivity contribution in [3.8, 4) is 0 Å². The topological polar surface area (TPSA) is 58.2 Å². The van der Waals surface area contributed by atoms with Crippen LogP contribution in [0.15, 0.2) is 65.7 Å². The Kier molecular flexibility index (Phi) is 7.44. The van der Waals surface area contributed by atoms with Crippen LogP contribution in [0, 0.1) is 13.8 Å². The molecule has 0 aliphatic carbocycles. The summed E-state index contributed by atoms with van der Waals surface area (Å²) in [6.45, 7) is 4.40. The van der Waals surface area contributed by atoms with E-state index in [-0.39, 0.29) is 17.5 Å². The molecule has 0 radical (unpaired) electrons. The molecule has 0 saturated heterocycles. The summed E-state index contributed by atoms with van der Waals surface area (Å²) in [5, 5.41) is 8.26. The van der Waals surface area contributed by atoms with E-state index >= 15 is 0 Å². The highest BCUT2D eigenvalue weighted by Crippen LogP contribution is 2.15. The summed E-state index contributed by atoms with van der Waals surface area (Å²) < 4.78 is 0. The number of carbonyl (C=O) groups excluding carboxylic acids is 2. The van der Waals surface area contributed by atoms with E-state index in [0.717, 1.165) is 21.6 Å². The van der Waals surface area contributed by atoms with Crippen molar-refractivity contribution < 1.29 is 9.59 Å². The first kappa shape index (κ1) is 21.8. The number of rotatable bonds is 7. The Bertz CT molecular complexity index is 1060. The standard InChI is InChI=1S/C24H23ClN2O2S/c1-16-5-8-19(14-17(16)2)23(28)27-22(15-21-4-3-13-30-21)24(29)26-12-11-18-6-9-20(25)10-7-18/h3-10,13-15H,11-12H2,1-2H3,(H,26,29)(H,27,28). The lowest BCUT2D eigenvalue weighted by atomic mass is 10.1. The SMILES string of the molecule is Cc1ccc(C(=O)NC(=Cc2cccs2)C(=O)NCCc2ccc(Cl)cc2)cc1C. The van der Waals surface area contributed by atoms with Gasteiger partial charge in [-0.2, -0.15) is 0 Å². The monoisotopic (exact) mass is 438 g/mol. The van der Waals surface area contributed by atoms with Gasteiger partial charge in [-0.15, -0.1) is 11.3 Å². The zero-order chi connectivity index (χ0) is 21.5. The van der Waals surface area contributed by atoms with Gasteiger partial charge in [0.2, 0.25) is 0 Å². The number of hydrogen-bond donors (Lipinski definition) is 2. The Morgan fingerprint density at radius 2 is 1.80 bits per heavy atom. The van der Waals surface area contributed by atoms with Gasteiger partial charge in [-0.1, -0.05) is 35.9 Å². The predicted octanol–water partition coefficient (Wildman–Crippen LogP) is 5.15. The molecule has 6 heteroatoms. The Balaban J connectivity index is 1.70. The molecule has 0 bridgehead atoms. The van der Waals surface area contributed by atoms with Crippen LogP contribution in [-0.2, 0) is 11.2 Å². The molecule has 1 heterocycles. The molecule has 4 nitrogen and oxygen atoms in total. The second-order valence-electron chi connectivity index (χ2n) is 6.96. The average Bonchev–Trinajstić information content (AvgIpc) is 3.24. The van der Waals surface area contributed by atoms with Gasteiger partial charge >= 0.3 is 0 Å². The molecule has 0 aliphatic rings. The van der Waals surface area contributed by atoms with Crippen molar-refractivity contribution in [1.82, 2.24) is 10.6 Å². The summed E-state index contributed by atoms with van der Waals surface area (Å²) in [5.74, 6) is -0.636. The van der Waals surface area contributed by atoms with E-state index in [2.05, 4.69) is 10.6 Å². The van der Waals surface area contributed by atoms with Crippen LogP contribution in [0.4, 0.5) is 0 Å². The highest BCUT2D eigenvalue weighted by atomic mass is 35.5. The molecular weight excluding hydrogens is 416 g/mol. The van der Waals surface area contributed by atoms with Gasteiger partial charge in [-0.05, 0) is 78.7 Å². The number of amides is 2. The number of hydrogen-bond acceptors (Lipinski definition) is 3. The molecule has 30 heavy (non-hydrogen) atoms. The molecule has 0 atom stereocenters. The molecule has 2 aromatic carbocycles. The molecule has 2 amide bonds. The molecule has 3 aromatic rings. The predicted molar refractivity (Wildman–Crippen MR) is 124 cm³/mol. The Morgan fingerprint density at radius 3 is 2.47 bits per heavy atom. The highest BCUT2D eigenvalue weighted by molar-refractivity contribution is 7.10. The summed E-state index contributed by atoms with van der Waals surface area (Å²) in [4.78, 5) is 26.4. The van der Waals surface area contributed by atoms with Crippen molar-refractivity contribution in [2.75, 3.05) is 6.54 Å². The van der Waals surface area contributed by atoms with E-state index in [4.69, 9.17) is 11.6 Å². The van der Waals surface area contributed by atoms with E-state index in [0.29, 0.717) is 23.6 Å². The van der Waals surface area contributed by atoms with Crippen molar-refractivity contribution in [3.05, 3.63) is 97.8 Å². The van der Waals surface area contributed by atoms with Crippen LogP contribution < -0.4 is 10.6 Å². The van der Waals surface area contributed by atoms with Crippen molar-refractivity contribution in [1.29, 1.82) is 0 Å². The number of carbonyl (C=O) groups is 2. The van der Waals surface area contributed by atoms with Gasteiger partial charge in [0.1, 0.15) is 5.70 Å². The van der Waals surface area contributed by atoms with Gasteiger partial charge in [0.15, 0.2) is 0 Å². The fraction of sp³-hybridized carbons (Fsp3) is 0.167. The number of nitrogens with one attached hydrogen (secondary N) is 2. The molecule has 0 spiro atoms.